The highest BCUT2D eigenvalue weighted by molar-refractivity contribution is 4.92. The first-order chi connectivity index (χ1) is 10.5. The minimum absolute atomic E-state index is 0.730. The van der Waals surface area contributed by atoms with Crippen molar-refractivity contribution in [3.05, 3.63) is 0 Å². The Morgan fingerprint density at radius 3 is 1.64 bits per heavy atom. The molecule has 0 bridgehead atoms. The second-order valence-electron chi connectivity index (χ2n) is 8.59. The second kappa shape index (κ2) is 7.19. The van der Waals surface area contributed by atoms with Gasteiger partial charge in [0.1, 0.15) is 0 Å². The van der Waals surface area contributed by atoms with Gasteiger partial charge in [-0.2, -0.15) is 0 Å². The monoisotopic (exact) mass is 307 g/mol. The largest absolute Gasteiger partial charge is 0.298 e. The summed E-state index contributed by atoms with van der Waals surface area (Å²) < 4.78 is 0. The molecule has 1 aliphatic carbocycles. The molecule has 0 radical (unpaired) electrons. The van der Waals surface area contributed by atoms with Crippen molar-refractivity contribution in [3.8, 4) is 0 Å². The van der Waals surface area contributed by atoms with Crippen molar-refractivity contribution in [2.45, 2.75) is 71.5 Å². The van der Waals surface area contributed by atoms with Crippen LogP contribution >= 0.6 is 0 Å². The number of hydrogen-bond donors (Lipinski definition) is 0. The van der Waals surface area contributed by atoms with Gasteiger partial charge in [0.25, 0.3) is 0 Å². The maximum Gasteiger partial charge on any atom is 0.0351 e. The molecule has 3 rings (SSSR count). The van der Waals surface area contributed by atoms with Gasteiger partial charge >= 0.3 is 0 Å². The Balaban J connectivity index is 1.38. The smallest absolute Gasteiger partial charge is 0.0351 e. The van der Waals surface area contributed by atoms with E-state index >= 15 is 0 Å². The van der Waals surface area contributed by atoms with Gasteiger partial charge in [-0.3, -0.25) is 14.7 Å². The predicted molar refractivity (Wildman–Crippen MR) is 94.2 cm³/mol. The minimum atomic E-state index is 0.730. The molecule has 0 aromatic heterocycles. The number of rotatable bonds is 4. The lowest BCUT2D eigenvalue weighted by Gasteiger charge is -2.51. The fourth-order valence-electron chi connectivity index (χ4n) is 4.74. The molecule has 0 atom stereocenters. The molecule has 0 spiro atoms. The summed E-state index contributed by atoms with van der Waals surface area (Å²) in [6, 6.07) is 2.47. The lowest BCUT2D eigenvalue weighted by Crippen LogP contribution is -2.64. The Labute approximate surface area is 138 Å². The Kier molecular flexibility index (Phi) is 5.47. The van der Waals surface area contributed by atoms with E-state index in [1.54, 1.807) is 0 Å². The molecule has 3 aliphatic rings. The summed E-state index contributed by atoms with van der Waals surface area (Å²) in [5.41, 5.74) is 0. The van der Waals surface area contributed by atoms with E-state index < -0.39 is 0 Å². The summed E-state index contributed by atoms with van der Waals surface area (Å²) in [5.74, 6) is 1.88. The van der Waals surface area contributed by atoms with Crippen molar-refractivity contribution in [2.24, 2.45) is 11.8 Å². The lowest BCUT2D eigenvalue weighted by molar-refractivity contribution is -0.0209. The van der Waals surface area contributed by atoms with Crippen LogP contribution in [0, 0.1) is 11.8 Å². The SMILES string of the molecule is CC(C)C1CCC(N2CCN(C3CN(C(C)C)C3)CC2)CC1. The van der Waals surface area contributed by atoms with Crippen molar-refractivity contribution in [1.82, 2.24) is 14.7 Å². The lowest BCUT2D eigenvalue weighted by atomic mass is 9.79. The number of nitrogens with zero attached hydrogens (tertiary/aromatic N) is 3. The van der Waals surface area contributed by atoms with Gasteiger partial charge in [0.2, 0.25) is 0 Å². The maximum atomic E-state index is 2.81. The fourth-order valence-corrected chi connectivity index (χ4v) is 4.74. The Morgan fingerprint density at radius 1 is 0.682 bits per heavy atom. The van der Waals surface area contributed by atoms with Gasteiger partial charge in [0, 0.05) is 57.4 Å². The Bertz CT molecular complexity index is 333. The maximum absolute atomic E-state index is 2.81. The third-order valence-electron chi connectivity index (χ3n) is 6.69. The summed E-state index contributed by atoms with van der Waals surface area (Å²) in [5, 5.41) is 0. The van der Waals surface area contributed by atoms with Crippen molar-refractivity contribution in [3.63, 3.8) is 0 Å². The highest BCUT2D eigenvalue weighted by atomic mass is 15.4. The predicted octanol–water partition coefficient (Wildman–Crippen LogP) is 2.91. The number of hydrogen-bond acceptors (Lipinski definition) is 3. The van der Waals surface area contributed by atoms with Crippen LogP contribution < -0.4 is 0 Å². The average molecular weight is 308 g/mol. The standard InChI is InChI=1S/C19H37N3/c1-15(2)17-5-7-18(8-6-17)20-9-11-21(12-10-20)19-13-22(14-19)16(3)4/h15-19H,5-14H2,1-4H3. The first kappa shape index (κ1) is 16.7. The first-order valence-corrected chi connectivity index (χ1v) is 9.76. The van der Waals surface area contributed by atoms with Crippen molar-refractivity contribution >= 4 is 0 Å². The zero-order valence-corrected chi connectivity index (χ0v) is 15.3. The molecule has 0 N–H and O–H groups in total. The molecule has 0 aromatic carbocycles. The molecule has 3 nitrogen and oxygen atoms in total. The Morgan fingerprint density at radius 2 is 1.18 bits per heavy atom. The molecular formula is C19H37N3. The quantitative estimate of drug-likeness (QED) is 0.791. The molecule has 0 amide bonds. The van der Waals surface area contributed by atoms with E-state index in [0.717, 1.165) is 30.0 Å². The average Bonchev–Trinajstić information content (AvgIpc) is 2.46. The van der Waals surface area contributed by atoms with E-state index in [4.69, 9.17) is 0 Å². The molecule has 2 aliphatic heterocycles. The van der Waals surface area contributed by atoms with Crippen molar-refractivity contribution < 1.29 is 0 Å². The highest BCUT2D eigenvalue weighted by Crippen LogP contribution is 2.32. The van der Waals surface area contributed by atoms with Crippen LogP contribution in [0.4, 0.5) is 0 Å². The van der Waals surface area contributed by atoms with Gasteiger partial charge in [0.15, 0.2) is 0 Å². The van der Waals surface area contributed by atoms with Crippen molar-refractivity contribution in [1.29, 1.82) is 0 Å². The summed E-state index contributed by atoms with van der Waals surface area (Å²) >= 11 is 0. The molecule has 1 saturated carbocycles. The zero-order valence-electron chi connectivity index (χ0n) is 15.3. The van der Waals surface area contributed by atoms with Crippen LogP contribution in [0.3, 0.4) is 0 Å². The normalized spacial score (nSPS) is 33.5. The summed E-state index contributed by atoms with van der Waals surface area (Å²) in [6.45, 7) is 17.3. The molecule has 0 unspecified atom stereocenters. The molecule has 0 aromatic rings. The van der Waals surface area contributed by atoms with Gasteiger partial charge in [-0.25, -0.2) is 0 Å². The minimum Gasteiger partial charge on any atom is -0.298 e. The van der Waals surface area contributed by atoms with Crippen LogP contribution in [-0.2, 0) is 0 Å². The van der Waals surface area contributed by atoms with Gasteiger partial charge < -0.3 is 0 Å². The third-order valence-corrected chi connectivity index (χ3v) is 6.69. The first-order valence-electron chi connectivity index (χ1n) is 9.76. The van der Waals surface area contributed by atoms with Crippen LogP contribution in [-0.4, -0.2) is 72.1 Å². The number of likely N-dealkylation sites (tertiary alicyclic amines) is 1. The van der Waals surface area contributed by atoms with Crippen molar-refractivity contribution in [2.75, 3.05) is 39.3 Å². The summed E-state index contributed by atoms with van der Waals surface area (Å²) in [7, 11) is 0. The van der Waals surface area contributed by atoms with Gasteiger partial charge in [0.05, 0.1) is 0 Å². The van der Waals surface area contributed by atoms with Crippen LogP contribution in [0.15, 0.2) is 0 Å². The van der Waals surface area contributed by atoms with Gasteiger partial charge in [-0.05, 0) is 51.4 Å². The van der Waals surface area contributed by atoms with E-state index in [2.05, 4.69) is 42.4 Å². The molecule has 3 fully saturated rings. The molecule has 22 heavy (non-hydrogen) atoms. The van der Waals surface area contributed by atoms with Crippen LogP contribution in [0.1, 0.15) is 53.4 Å². The Hall–Kier alpha value is -0.120. The summed E-state index contributed by atoms with van der Waals surface area (Å²) in [6.07, 6.45) is 5.84. The molecule has 128 valence electrons. The zero-order chi connectivity index (χ0) is 15.7. The topological polar surface area (TPSA) is 9.72 Å². The summed E-state index contributed by atoms with van der Waals surface area (Å²) in [4.78, 5) is 8.17. The van der Waals surface area contributed by atoms with Gasteiger partial charge in [-0.15, -0.1) is 0 Å². The fraction of sp³-hybridized carbons (Fsp3) is 1.00. The van der Waals surface area contributed by atoms with Crippen LogP contribution in [0.2, 0.25) is 0 Å². The number of piperazine rings is 1. The van der Waals surface area contributed by atoms with Gasteiger partial charge in [-0.1, -0.05) is 13.8 Å². The molecule has 2 saturated heterocycles. The third kappa shape index (κ3) is 3.68. The molecular weight excluding hydrogens is 270 g/mol. The highest BCUT2D eigenvalue weighted by Gasteiger charge is 2.36. The van der Waals surface area contributed by atoms with E-state index in [0.29, 0.717) is 0 Å². The molecule has 2 heterocycles. The van der Waals surface area contributed by atoms with E-state index in [9.17, 15) is 0 Å². The van der Waals surface area contributed by atoms with E-state index in [1.807, 2.05) is 0 Å². The molecule has 3 heteroatoms. The van der Waals surface area contributed by atoms with E-state index in [1.165, 1.54) is 65.0 Å². The van der Waals surface area contributed by atoms with Crippen LogP contribution in [0.5, 0.6) is 0 Å². The van der Waals surface area contributed by atoms with Crippen LogP contribution in [0.25, 0.3) is 0 Å². The second-order valence-corrected chi connectivity index (χ2v) is 8.59. The van der Waals surface area contributed by atoms with E-state index in [-0.39, 0.29) is 0 Å².